The lowest BCUT2D eigenvalue weighted by molar-refractivity contribution is 0.0250. The van der Waals surface area contributed by atoms with Crippen molar-refractivity contribution < 1.29 is 5.11 Å². The third-order valence-corrected chi connectivity index (χ3v) is 7.99. The van der Waals surface area contributed by atoms with E-state index in [1.54, 1.807) is 0 Å². The number of hydrogen-bond donors (Lipinski definition) is 3. The topological polar surface area (TPSA) is 70.6 Å². The number of alkyl halides is 1. The third kappa shape index (κ3) is 2.58. The van der Waals surface area contributed by atoms with Crippen molar-refractivity contribution in [3.8, 4) is 0 Å². The van der Waals surface area contributed by atoms with Gasteiger partial charge in [-0.2, -0.15) is 0 Å². The number of nitrogens with two attached hydrogens (primary N) is 1. The quantitative estimate of drug-likeness (QED) is 0.672. The molecule has 0 aromatic carbocycles. The molecular formula is C16H26ClN3OS. The molecule has 6 heteroatoms. The van der Waals surface area contributed by atoms with E-state index in [1.807, 2.05) is 11.8 Å². The summed E-state index contributed by atoms with van der Waals surface area (Å²) in [6.45, 7) is 0. The molecule has 0 radical (unpaired) electrons. The van der Waals surface area contributed by atoms with Crippen LogP contribution >= 0.6 is 23.4 Å². The van der Waals surface area contributed by atoms with Crippen molar-refractivity contribution in [1.29, 1.82) is 0 Å². The summed E-state index contributed by atoms with van der Waals surface area (Å²) < 4.78 is 0. The number of nitrogens with one attached hydrogen (secondary N) is 1. The van der Waals surface area contributed by atoms with E-state index in [-0.39, 0.29) is 17.3 Å². The van der Waals surface area contributed by atoms with Gasteiger partial charge in [0, 0.05) is 29.0 Å². The van der Waals surface area contributed by atoms with E-state index in [2.05, 4.69) is 10.3 Å². The monoisotopic (exact) mass is 343 g/mol. The normalized spacial score (nSPS) is 51.3. The summed E-state index contributed by atoms with van der Waals surface area (Å²) in [6, 6.07) is 0.795. The van der Waals surface area contributed by atoms with E-state index in [9.17, 15) is 5.11 Å². The molecule has 4 rings (SSSR count). The van der Waals surface area contributed by atoms with Gasteiger partial charge in [0.25, 0.3) is 0 Å². The van der Waals surface area contributed by atoms with Gasteiger partial charge in [0.15, 0.2) is 0 Å². The van der Waals surface area contributed by atoms with Crippen LogP contribution < -0.4 is 11.1 Å². The Bertz CT molecular complexity index is 462. The Kier molecular flexibility index (Phi) is 4.12. The van der Waals surface area contributed by atoms with E-state index < -0.39 is 5.60 Å². The molecule has 1 saturated heterocycles. The predicted octanol–water partition coefficient (Wildman–Crippen LogP) is 2.23. The van der Waals surface area contributed by atoms with Crippen molar-refractivity contribution in [2.45, 2.75) is 85.1 Å². The molecule has 0 amide bonds. The second-order valence-electron chi connectivity index (χ2n) is 7.45. The molecule has 7 unspecified atom stereocenters. The van der Waals surface area contributed by atoms with Crippen molar-refractivity contribution in [3.63, 3.8) is 0 Å². The van der Waals surface area contributed by atoms with E-state index in [0.29, 0.717) is 28.9 Å². The van der Waals surface area contributed by atoms with Gasteiger partial charge >= 0.3 is 0 Å². The molecule has 0 aromatic heterocycles. The summed E-state index contributed by atoms with van der Waals surface area (Å²) in [7, 11) is 0. The maximum Gasteiger partial charge on any atom is 0.128 e. The average molecular weight is 344 g/mol. The van der Waals surface area contributed by atoms with Crippen molar-refractivity contribution in [3.05, 3.63) is 0 Å². The van der Waals surface area contributed by atoms with Gasteiger partial charge in [-0.3, -0.25) is 4.99 Å². The maximum absolute atomic E-state index is 11.3. The molecule has 3 fully saturated rings. The van der Waals surface area contributed by atoms with Crippen molar-refractivity contribution in [1.82, 2.24) is 5.32 Å². The highest BCUT2D eigenvalue weighted by Gasteiger charge is 2.53. The van der Waals surface area contributed by atoms with Crippen LogP contribution in [0.1, 0.15) is 51.4 Å². The number of hydrogen-bond acceptors (Lipinski definition) is 5. The fourth-order valence-corrected chi connectivity index (χ4v) is 6.89. The van der Waals surface area contributed by atoms with Crippen LogP contribution in [0.15, 0.2) is 4.99 Å². The van der Waals surface area contributed by atoms with Crippen LogP contribution in [0.4, 0.5) is 0 Å². The van der Waals surface area contributed by atoms with Crippen LogP contribution in [-0.4, -0.2) is 44.6 Å². The molecule has 124 valence electrons. The SMILES string of the molecule is NC1=NC2CCC(Cl)CC2C1(O)CC1NC2CCCCC2S1. The smallest absolute Gasteiger partial charge is 0.128 e. The molecule has 7 atom stereocenters. The fourth-order valence-electron chi connectivity index (χ4n) is 4.84. The van der Waals surface area contributed by atoms with Crippen LogP contribution in [0.3, 0.4) is 0 Å². The maximum atomic E-state index is 11.3. The van der Waals surface area contributed by atoms with Gasteiger partial charge in [-0.05, 0) is 32.1 Å². The lowest BCUT2D eigenvalue weighted by Gasteiger charge is -2.38. The molecule has 2 aliphatic heterocycles. The number of aliphatic imine (C=N–C) groups is 1. The zero-order valence-corrected chi connectivity index (χ0v) is 14.5. The van der Waals surface area contributed by atoms with Crippen LogP contribution in [0.2, 0.25) is 0 Å². The number of amidine groups is 1. The zero-order chi connectivity index (χ0) is 15.3. The van der Waals surface area contributed by atoms with E-state index in [0.717, 1.165) is 19.3 Å². The highest BCUT2D eigenvalue weighted by atomic mass is 35.5. The summed E-state index contributed by atoms with van der Waals surface area (Å²) in [5.41, 5.74) is 5.20. The van der Waals surface area contributed by atoms with Gasteiger partial charge in [-0.15, -0.1) is 23.4 Å². The van der Waals surface area contributed by atoms with Crippen molar-refractivity contribution >= 4 is 29.2 Å². The minimum absolute atomic E-state index is 0.105. The van der Waals surface area contributed by atoms with Gasteiger partial charge < -0.3 is 16.2 Å². The molecule has 2 aliphatic carbocycles. The Morgan fingerprint density at radius 2 is 2.14 bits per heavy atom. The van der Waals surface area contributed by atoms with E-state index >= 15 is 0 Å². The molecule has 4 nitrogen and oxygen atoms in total. The third-order valence-electron chi connectivity index (χ3n) is 6.05. The first-order valence-corrected chi connectivity index (χ1v) is 10.1. The first kappa shape index (κ1) is 15.6. The zero-order valence-electron chi connectivity index (χ0n) is 12.9. The molecule has 22 heavy (non-hydrogen) atoms. The largest absolute Gasteiger partial charge is 0.385 e. The Morgan fingerprint density at radius 1 is 1.32 bits per heavy atom. The minimum Gasteiger partial charge on any atom is -0.385 e. The number of halogens is 1. The molecule has 4 N–H and O–H groups in total. The first-order chi connectivity index (χ1) is 10.6. The van der Waals surface area contributed by atoms with Gasteiger partial charge in [0.1, 0.15) is 11.4 Å². The number of rotatable bonds is 2. The summed E-state index contributed by atoms with van der Waals surface area (Å²) >= 11 is 8.36. The fraction of sp³-hybridized carbons (Fsp3) is 0.938. The molecule has 0 bridgehead atoms. The Hall–Kier alpha value is 0.0300. The highest BCUT2D eigenvalue weighted by molar-refractivity contribution is 8.00. The lowest BCUT2D eigenvalue weighted by Crippen LogP contribution is -2.52. The second-order valence-corrected chi connectivity index (χ2v) is 9.51. The summed E-state index contributed by atoms with van der Waals surface area (Å²) in [5, 5.41) is 16.2. The highest BCUT2D eigenvalue weighted by Crippen LogP contribution is 2.46. The number of thioether (sulfide) groups is 1. The van der Waals surface area contributed by atoms with Gasteiger partial charge in [0.2, 0.25) is 0 Å². The Labute approximate surface area is 141 Å². The summed E-state index contributed by atoms with van der Waals surface area (Å²) in [6.07, 6.45) is 8.68. The predicted molar refractivity (Wildman–Crippen MR) is 92.5 cm³/mol. The molecule has 2 saturated carbocycles. The van der Waals surface area contributed by atoms with Crippen molar-refractivity contribution in [2.75, 3.05) is 0 Å². The van der Waals surface area contributed by atoms with Gasteiger partial charge in [-0.1, -0.05) is 12.8 Å². The molecule has 2 heterocycles. The second kappa shape index (κ2) is 5.83. The Balaban J connectivity index is 1.48. The van der Waals surface area contributed by atoms with Gasteiger partial charge in [-0.25, -0.2) is 0 Å². The summed E-state index contributed by atoms with van der Waals surface area (Å²) in [5.74, 6) is 0.555. The number of aliphatic hydroxyl groups is 1. The van der Waals surface area contributed by atoms with Crippen LogP contribution in [0, 0.1) is 5.92 Å². The van der Waals surface area contributed by atoms with Crippen LogP contribution in [-0.2, 0) is 0 Å². The number of fused-ring (bicyclic) bond motifs is 2. The molecule has 4 aliphatic rings. The Morgan fingerprint density at radius 3 is 2.95 bits per heavy atom. The average Bonchev–Trinajstić information content (AvgIpc) is 2.99. The molecule has 0 aromatic rings. The molecule has 0 spiro atoms. The first-order valence-electron chi connectivity index (χ1n) is 8.68. The number of nitrogens with zero attached hydrogens (tertiary/aromatic N) is 1. The van der Waals surface area contributed by atoms with E-state index in [4.69, 9.17) is 17.3 Å². The molecular weight excluding hydrogens is 318 g/mol. The minimum atomic E-state index is -0.962. The van der Waals surface area contributed by atoms with Gasteiger partial charge in [0.05, 0.1) is 11.4 Å². The lowest BCUT2D eigenvalue weighted by atomic mass is 9.74. The van der Waals surface area contributed by atoms with Crippen LogP contribution in [0.25, 0.3) is 0 Å². The van der Waals surface area contributed by atoms with Crippen molar-refractivity contribution in [2.24, 2.45) is 16.6 Å². The standard InChI is InChI=1S/C16H26ClN3OS/c17-9-5-6-11-10(7-9)16(21,15(18)20-11)8-14-19-12-3-1-2-4-13(12)22-14/h9-14,19,21H,1-8H2,(H2,18,20). The van der Waals surface area contributed by atoms with E-state index in [1.165, 1.54) is 25.7 Å². The summed E-state index contributed by atoms with van der Waals surface area (Å²) in [4.78, 5) is 4.58. The van der Waals surface area contributed by atoms with Crippen LogP contribution in [0.5, 0.6) is 0 Å².